The van der Waals surface area contributed by atoms with Crippen LogP contribution in [0.1, 0.15) is 24.1 Å². The van der Waals surface area contributed by atoms with Gasteiger partial charge in [-0.3, -0.25) is 4.99 Å². The van der Waals surface area contributed by atoms with E-state index in [-0.39, 0.29) is 30.0 Å². The van der Waals surface area contributed by atoms with Crippen LogP contribution in [-0.4, -0.2) is 25.1 Å². The van der Waals surface area contributed by atoms with Crippen molar-refractivity contribution in [2.24, 2.45) is 4.99 Å². The molecule has 1 aromatic carbocycles. The second kappa shape index (κ2) is 10.0. The summed E-state index contributed by atoms with van der Waals surface area (Å²) < 4.78 is 5.25. The van der Waals surface area contributed by atoms with Gasteiger partial charge in [-0.25, -0.2) is 4.98 Å². The molecule has 2 aromatic rings. The zero-order valence-electron chi connectivity index (χ0n) is 13.6. The number of benzene rings is 1. The number of aliphatic imine (C=N–C) groups is 1. The minimum atomic E-state index is 0. The fraction of sp³-hybridized carbons (Fsp3) is 0.294. The van der Waals surface area contributed by atoms with Crippen LogP contribution in [0, 0.1) is 0 Å². The Balaban J connectivity index is 0.00000264. The van der Waals surface area contributed by atoms with Gasteiger partial charge in [0.25, 0.3) is 0 Å². The second-order valence-electron chi connectivity index (χ2n) is 4.87. The Kier molecular flexibility index (Phi) is 8.39. The molecule has 0 amide bonds. The Labute approximate surface area is 154 Å². The Morgan fingerprint density at radius 2 is 1.96 bits per heavy atom. The minimum Gasteiger partial charge on any atom is -0.481 e. The first-order chi connectivity index (χ1) is 10.7. The number of pyridine rings is 1. The lowest BCUT2D eigenvalue weighted by Gasteiger charge is -2.18. The number of ether oxygens (including phenoxy) is 1. The first-order valence-corrected chi connectivity index (χ1v) is 7.24. The van der Waals surface area contributed by atoms with Crippen molar-refractivity contribution >= 4 is 29.9 Å². The van der Waals surface area contributed by atoms with Crippen molar-refractivity contribution < 1.29 is 4.74 Å². The van der Waals surface area contributed by atoms with Crippen LogP contribution in [0.3, 0.4) is 0 Å². The molecule has 1 atom stereocenters. The first kappa shape index (κ1) is 19.2. The molecule has 1 unspecified atom stereocenters. The molecule has 0 spiro atoms. The molecule has 2 N–H and O–H groups in total. The van der Waals surface area contributed by atoms with Crippen LogP contribution in [0.15, 0.2) is 53.7 Å². The van der Waals surface area contributed by atoms with E-state index in [1.54, 1.807) is 20.4 Å². The zero-order chi connectivity index (χ0) is 15.8. The van der Waals surface area contributed by atoms with E-state index >= 15 is 0 Å². The lowest BCUT2D eigenvalue weighted by Crippen LogP contribution is -2.38. The van der Waals surface area contributed by atoms with E-state index in [0.717, 1.165) is 11.5 Å². The average Bonchev–Trinajstić information content (AvgIpc) is 2.59. The minimum absolute atomic E-state index is 0. The van der Waals surface area contributed by atoms with Gasteiger partial charge in [-0.05, 0) is 18.6 Å². The van der Waals surface area contributed by atoms with Crippen molar-refractivity contribution in [2.75, 3.05) is 14.2 Å². The second-order valence-corrected chi connectivity index (χ2v) is 4.87. The fourth-order valence-electron chi connectivity index (χ4n) is 2.15. The van der Waals surface area contributed by atoms with Gasteiger partial charge in [0.1, 0.15) is 0 Å². The van der Waals surface area contributed by atoms with Crippen LogP contribution < -0.4 is 15.4 Å². The summed E-state index contributed by atoms with van der Waals surface area (Å²) in [5, 5.41) is 6.65. The number of hydrogen-bond donors (Lipinski definition) is 2. The number of aromatic nitrogens is 1. The van der Waals surface area contributed by atoms with E-state index in [2.05, 4.69) is 39.7 Å². The molecule has 1 aromatic heterocycles. The van der Waals surface area contributed by atoms with Crippen molar-refractivity contribution in [3.05, 3.63) is 59.8 Å². The predicted octanol–water partition coefficient (Wildman–Crippen LogP) is 3.13. The molecule has 0 aliphatic carbocycles. The average molecular weight is 426 g/mol. The highest BCUT2D eigenvalue weighted by atomic mass is 127. The molecule has 0 radical (unpaired) electrons. The van der Waals surface area contributed by atoms with Gasteiger partial charge < -0.3 is 15.4 Å². The van der Waals surface area contributed by atoms with E-state index in [1.165, 1.54) is 5.56 Å². The third-order valence-corrected chi connectivity index (χ3v) is 3.37. The smallest absolute Gasteiger partial charge is 0.218 e. The number of guanidine groups is 1. The summed E-state index contributed by atoms with van der Waals surface area (Å²) in [6, 6.07) is 14.3. The van der Waals surface area contributed by atoms with Crippen LogP contribution in [0.2, 0.25) is 0 Å². The Hall–Kier alpha value is -1.83. The van der Waals surface area contributed by atoms with Crippen LogP contribution >= 0.6 is 24.0 Å². The maximum atomic E-state index is 5.25. The lowest BCUT2D eigenvalue weighted by atomic mass is 10.1. The SMILES string of the molecule is CN=C(NCc1cccnc1OC)NC(C)c1ccccc1.I. The first-order valence-electron chi connectivity index (χ1n) is 7.24. The molecule has 0 aliphatic heterocycles. The third kappa shape index (κ3) is 5.70. The van der Waals surface area contributed by atoms with Gasteiger partial charge in [-0.15, -0.1) is 24.0 Å². The number of methoxy groups -OCH3 is 1. The maximum absolute atomic E-state index is 5.25. The summed E-state index contributed by atoms with van der Waals surface area (Å²) in [6.07, 6.45) is 1.72. The van der Waals surface area contributed by atoms with Gasteiger partial charge in [0.2, 0.25) is 5.88 Å². The van der Waals surface area contributed by atoms with Crippen LogP contribution in [0.5, 0.6) is 5.88 Å². The van der Waals surface area contributed by atoms with Crippen molar-refractivity contribution in [3.8, 4) is 5.88 Å². The van der Waals surface area contributed by atoms with Gasteiger partial charge in [-0.1, -0.05) is 36.4 Å². The highest BCUT2D eigenvalue weighted by Gasteiger charge is 2.08. The molecular weight excluding hydrogens is 403 g/mol. The molecular formula is C17H23IN4O. The van der Waals surface area contributed by atoms with Gasteiger partial charge >= 0.3 is 0 Å². The van der Waals surface area contributed by atoms with Crippen LogP contribution in [0.4, 0.5) is 0 Å². The molecule has 2 rings (SSSR count). The largest absolute Gasteiger partial charge is 0.481 e. The molecule has 124 valence electrons. The van der Waals surface area contributed by atoms with Crippen LogP contribution in [-0.2, 0) is 6.54 Å². The highest BCUT2D eigenvalue weighted by Crippen LogP contribution is 2.13. The standard InChI is InChI=1S/C17H22N4O.HI/c1-13(14-8-5-4-6-9-14)21-17(18-2)20-12-15-10-7-11-19-16(15)22-3;/h4-11,13H,12H2,1-3H3,(H2,18,20,21);1H. The normalized spacial score (nSPS) is 12.0. The molecule has 6 heteroatoms. The number of nitrogens with one attached hydrogen (secondary N) is 2. The van der Waals surface area contributed by atoms with Gasteiger partial charge in [0.05, 0.1) is 13.2 Å². The number of hydrogen-bond acceptors (Lipinski definition) is 3. The highest BCUT2D eigenvalue weighted by molar-refractivity contribution is 14.0. The predicted molar refractivity (Wildman–Crippen MR) is 104 cm³/mol. The van der Waals surface area contributed by atoms with Crippen molar-refractivity contribution in [1.29, 1.82) is 0 Å². The van der Waals surface area contributed by atoms with Gasteiger partial charge in [0, 0.05) is 25.4 Å². The van der Waals surface area contributed by atoms with Crippen molar-refractivity contribution in [3.63, 3.8) is 0 Å². The van der Waals surface area contributed by atoms with E-state index in [9.17, 15) is 0 Å². The van der Waals surface area contributed by atoms with Gasteiger partial charge in [0.15, 0.2) is 5.96 Å². The molecule has 0 aliphatic rings. The molecule has 0 fully saturated rings. The summed E-state index contributed by atoms with van der Waals surface area (Å²) in [5.41, 5.74) is 2.20. The topological polar surface area (TPSA) is 58.5 Å². The summed E-state index contributed by atoms with van der Waals surface area (Å²) in [5.74, 6) is 1.36. The quantitative estimate of drug-likeness (QED) is 0.438. The van der Waals surface area contributed by atoms with Crippen LogP contribution in [0.25, 0.3) is 0 Å². The number of rotatable bonds is 5. The van der Waals surface area contributed by atoms with E-state index in [4.69, 9.17) is 4.74 Å². The lowest BCUT2D eigenvalue weighted by molar-refractivity contribution is 0.392. The Bertz CT molecular complexity index is 619. The summed E-state index contributed by atoms with van der Waals surface area (Å²) in [4.78, 5) is 8.44. The molecule has 0 saturated heterocycles. The van der Waals surface area contributed by atoms with E-state index in [0.29, 0.717) is 12.4 Å². The molecule has 5 nitrogen and oxygen atoms in total. The molecule has 0 bridgehead atoms. The van der Waals surface area contributed by atoms with Crippen molar-refractivity contribution in [1.82, 2.24) is 15.6 Å². The third-order valence-electron chi connectivity index (χ3n) is 3.37. The van der Waals surface area contributed by atoms with Crippen molar-refractivity contribution in [2.45, 2.75) is 19.5 Å². The summed E-state index contributed by atoms with van der Waals surface area (Å²) >= 11 is 0. The Morgan fingerprint density at radius 1 is 1.22 bits per heavy atom. The van der Waals surface area contributed by atoms with E-state index in [1.807, 2.05) is 30.3 Å². The molecule has 1 heterocycles. The number of halogens is 1. The molecule has 0 saturated carbocycles. The monoisotopic (exact) mass is 426 g/mol. The molecule has 23 heavy (non-hydrogen) atoms. The summed E-state index contributed by atoms with van der Waals surface area (Å²) in [6.45, 7) is 2.70. The Morgan fingerprint density at radius 3 is 2.61 bits per heavy atom. The zero-order valence-corrected chi connectivity index (χ0v) is 15.9. The van der Waals surface area contributed by atoms with Gasteiger partial charge in [-0.2, -0.15) is 0 Å². The maximum Gasteiger partial charge on any atom is 0.218 e. The summed E-state index contributed by atoms with van der Waals surface area (Å²) in [7, 11) is 3.38. The fourth-order valence-corrected chi connectivity index (χ4v) is 2.15. The van der Waals surface area contributed by atoms with E-state index < -0.39 is 0 Å². The number of nitrogens with zero attached hydrogens (tertiary/aromatic N) is 2.